The molecule has 0 aromatic heterocycles. The Morgan fingerprint density at radius 3 is 2.71 bits per heavy atom. The smallest absolute Gasteiger partial charge is 0.338 e. The van der Waals surface area contributed by atoms with Gasteiger partial charge < -0.3 is 29.6 Å². The third-order valence-corrected chi connectivity index (χ3v) is 4.33. The summed E-state index contributed by atoms with van der Waals surface area (Å²) in [5, 5.41) is 5.27. The lowest BCUT2D eigenvalue weighted by molar-refractivity contribution is -0.139. The Bertz CT molecular complexity index is 853. The Labute approximate surface area is 165 Å². The van der Waals surface area contributed by atoms with Crippen LogP contribution in [0.25, 0.3) is 0 Å². The molecule has 0 fully saturated rings. The van der Waals surface area contributed by atoms with E-state index in [4.69, 9.17) is 30.5 Å². The molecule has 2 N–H and O–H groups in total. The molecule has 2 aliphatic heterocycles. The van der Waals surface area contributed by atoms with Gasteiger partial charge in [0.1, 0.15) is 19.8 Å². The van der Waals surface area contributed by atoms with Crippen LogP contribution in [0.2, 0.25) is 5.02 Å². The topological polar surface area (TPSA) is 112 Å². The highest BCUT2D eigenvalue weighted by Crippen LogP contribution is 2.38. The van der Waals surface area contributed by atoms with Gasteiger partial charge in [-0.15, -0.1) is 0 Å². The predicted octanol–water partition coefficient (Wildman–Crippen LogP) is 1.79. The fourth-order valence-corrected chi connectivity index (χ4v) is 3.11. The van der Waals surface area contributed by atoms with Crippen molar-refractivity contribution in [3.63, 3.8) is 0 Å². The van der Waals surface area contributed by atoms with E-state index in [-0.39, 0.29) is 35.1 Å². The second-order valence-corrected chi connectivity index (χ2v) is 6.40. The zero-order valence-corrected chi connectivity index (χ0v) is 16.1. The zero-order valence-electron chi connectivity index (χ0n) is 15.3. The number of carbonyl (C=O) groups is 3. The minimum Gasteiger partial charge on any atom is -0.486 e. The molecule has 2 aliphatic rings. The van der Waals surface area contributed by atoms with Gasteiger partial charge in [0.15, 0.2) is 11.5 Å². The van der Waals surface area contributed by atoms with E-state index in [1.807, 2.05) is 0 Å². The number of hydrogen-bond donors (Lipinski definition) is 2. The Balaban J connectivity index is 1.78. The van der Waals surface area contributed by atoms with Crippen LogP contribution in [0.5, 0.6) is 11.5 Å². The Kier molecular flexibility index (Phi) is 5.93. The lowest BCUT2D eigenvalue weighted by atomic mass is 10.0. The maximum absolute atomic E-state index is 12.4. The first-order valence-corrected chi connectivity index (χ1v) is 9.02. The van der Waals surface area contributed by atoms with Crippen LogP contribution in [-0.2, 0) is 14.3 Å². The SMILES string of the molecule is CCOC(=O)C1=C(COC(=O)c2cc(Cl)c3c(c2)OCCO3)NC(=O)NC1C. The third kappa shape index (κ3) is 4.14. The molecule has 0 bridgehead atoms. The summed E-state index contributed by atoms with van der Waals surface area (Å²) >= 11 is 6.13. The van der Waals surface area contributed by atoms with Crippen LogP contribution >= 0.6 is 11.6 Å². The summed E-state index contributed by atoms with van der Waals surface area (Å²) in [6.45, 7) is 3.86. The normalized spacial score (nSPS) is 18.1. The molecule has 1 aromatic rings. The molecule has 1 atom stereocenters. The maximum Gasteiger partial charge on any atom is 0.338 e. The number of esters is 2. The molecule has 0 spiro atoms. The van der Waals surface area contributed by atoms with E-state index in [1.165, 1.54) is 12.1 Å². The highest BCUT2D eigenvalue weighted by molar-refractivity contribution is 6.32. The van der Waals surface area contributed by atoms with E-state index >= 15 is 0 Å². The van der Waals surface area contributed by atoms with E-state index in [1.54, 1.807) is 13.8 Å². The van der Waals surface area contributed by atoms with Crippen molar-refractivity contribution in [3.8, 4) is 11.5 Å². The van der Waals surface area contributed by atoms with Gasteiger partial charge in [-0.3, -0.25) is 0 Å². The lowest BCUT2D eigenvalue weighted by Gasteiger charge is -2.26. The standard InChI is InChI=1S/C18H19ClN2O7/c1-3-25-17(23)14-9(2)20-18(24)21-12(14)8-28-16(22)10-6-11(19)15-13(7-10)26-4-5-27-15/h6-7,9H,3-5,8H2,1-2H3,(H2,20,21,24). The van der Waals surface area contributed by atoms with Gasteiger partial charge in [-0.05, 0) is 26.0 Å². The van der Waals surface area contributed by atoms with E-state index < -0.39 is 24.0 Å². The van der Waals surface area contributed by atoms with Gasteiger partial charge in [0, 0.05) is 0 Å². The number of fused-ring (bicyclic) bond motifs is 1. The highest BCUT2D eigenvalue weighted by atomic mass is 35.5. The molecule has 28 heavy (non-hydrogen) atoms. The van der Waals surface area contributed by atoms with Crippen LogP contribution in [0.1, 0.15) is 24.2 Å². The molecular formula is C18H19ClN2O7. The lowest BCUT2D eigenvalue weighted by Crippen LogP contribution is -2.50. The summed E-state index contributed by atoms with van der Waals surface area (Å²) in [5.41, 5.74) is 0.502. The van der Waals surface area contributed by atoms with Crippen molar-refractivity contribution in [3.05, 3.63) is 34.0 Å². The van der Waals surface area contributed by atoms with Crippen LogP contribution in [0.15, 0.2) is 23.4 Å². The molecule has 2 heterocycles. The van der Waals surface area contributed by atoms with Crippen LogP contribution in [0.4, 0.5) is 4.79 Å². The van der Waals surface area contributed by atoms with Gasteiger partial charge in [-0.1, -0.05) is 11.6 Å². The number of hydrogen-bond acceptors (Lipinski definition) is 7. The second kappa shape index (κ2) is 8.39. The minimum absolute atomic E-state index is 0.154. The quantitative estimate of drug-likeness (QED) is 0.711. The van der Waals surface area contributed by atoms with Crippen LogP contribution in [-0.4, -0.2) is 50.4 Å². The molecular weight excluding hydrogens is 392 g/mol. The molecule has 10 heteroatoms. The molecule has 9 nitrogen and oxygen atoms in total. The fraction of sp³-hybridized carbons (Fsp3) is 0.389. The molecule has 150 valence electrons. The summed E-state index contributed by atoms with van der Waals surface area (Å²) in [5.74, 6) is -0.580. The van der Waals surface area contributed by atoms with Crippen molar-refractivity contribution in [2.45, 2.75) is 19.9 Å². The number of urea groups is 1. The maximum atomic E-state index is 12.4. The number of carbonyl (C=O) groups excluding carboxylic acids is 3. The number of ether oxygens (including phenoxy) is 4. The Morgan fingerprint density at radius 1 is 1.21 bits per heavy atom. The number of rotatable bonds is 5. The van der Waals surface area contributed by atoms with Gasteiger partial charge >= 0.3 is 18.0 Å². The zero-order chi connectivity index (χ0) is 20.3. The number of benzene rings is 1. The van der Waals surface area contributed by atoms with Crippen molar-refractivity contribution in [1.29, 1.82) is 0 Å². The predicted molar refractivity (Wildman–Crippen MR) is 97.5 cm³/mol. The van der Waals surface area contributed by atoms with Crippen molar-refractivity contribution < 1.29 is 33.3 Å². The average Bonchev–Trinajstić information content (AvgIpc) is 2.65. The van der Waals surface area contributed by atoms with Crippen LogP contribution < -0.4 is 20.1 Å². The number of halogens is 1. The molecule has 0 saturated carbocycles. The average molecular weight is 411 g/mol. The first-order valence-electron chi connectivity index (χ1n) is 8.64. The van der Waals surface area contributed by atoms with Crippen molar-refractivity contribution in [2.75, 3.05) is 26.4 Å². The van der Waals surface area contributed by atoms with Gasteiger partial charge in [-0.2, -0.15) is 0 Å². The third-order valence-electron chi connectivity index (χ3n) is 4.05. The largest absolute Gasteiger partial charge is 0.486 e. The van der Waals surface area contributed by atoms with Gasteiger partial charge in [0.2, 0.25) is 0 Å². The van der Waals surface area contributed by atoms with Gasteiger partial charge in [-0.25, -0.2) is 14.4 Å². The summed E-state index contributed by atoms with van der Waals surface area (Å²) in [4.78, 5) is 36.4. The van der Waals surface area contributed by atoms with Crippen molar-refractivity contribution >= 4 is 29.6 Å². The Hall–Kier alpha value is -2.94. The number of amides is 2. The van der Waals surface area contributed by atoms with E-state index in [0.717, 1.165) is 0 Å². The Morgan fingerprint density at radius 2 is 1.96 bits per heavy atom. The summed E-state index contributed by atoms with van der Waals surface area (Å²) < 4.78 is 21.1. The van der Waals surface area contributed by atoms with E-state index in [0.29, 0.717) is 24.7 Å². The highest BCUT2D eigenvalue weighted by Gasteiger charge is 2.30. The molecule has 1 unspecified atom stereocenters. The van der Waals surface area contributed by atoms with E-state index in [9.17, 15) is 14.4 Å². The van der Waals surface area contributed by atoms with Crippen LogP contribution in [0.3, 0.4) is 0 Å². The number of nitrogens with one attached hydrogen (secondary N) is 2. The summed E-state index contributed by atoms with van der Waals surface area (Å²) in [6.07, 6.45) is 0. The minimum atomic E-state index is -0.699. The first kappa shape index (κ1) is 19.8. The molecule has 3 rings (SSSR count). The molecule has 2 amide bonds. The van der Waals surface area contributed by atoms with Gasteiger partial charge in [0.25, 0.3) is 0 Å². The fourth-order valence-electron chi connectivity index (χ4n) is 2.84. The molecule has 0 aliphatic carbocycles. The first-order chi connectivity index (χ1) is 13.4. The molecule has 0 radical (unpaired) electrons. The van der Waals surface area contributed by atoms with Crippen LogP contribution in [0, 0.1) is 0 Å². The van der Waals surface area contributed by atoms with E-state index in [2.05, 4.69) is 10.6 Å². The monoisotopic (exact) mass is 410 g/mol. The van der Waals surface area contributed by atoms with Gasteiger partial charge in [0.05, 0.1) is 34.5 Å². The summed E-state index contributed by atoms with van der Waals surface area (Å²) in [7, 11) is 0. The van der Waals surface area contributed by atoms with Crippen molar-refractivity contribution in [2.24, 2.45) is 0 Å². The van der Waals surface area contributed by atoms with Crippen molar-refractivity contribution in [1.82, 2.24) is 10.6 Å². The second-order valence-electron chi connectivity index (χ2n) is 5.99. The molecule has 1 aromatic carbocycles. The molecule has 0 saturated heterocycles. The summed E-state index contributed by atoms with van der Waals surface area (Å²) in [6, 6.07) is 1.77.